The van der Waals surface area contributed by atoms with Crippen LogP contribution < -0.4 is 36.8 Å². The van der Waals surface area contributed by atoms with E-state index in [9.17, 15) is 39.4 Å². The van der Waals surface area contributed by atoms with Gasteiger partial charge in [0.2, 0.25) is 0 Å². The van der Waals surface area contributed by atoms with E-state index >= 15 is 0 Å². The number of benzene rings is 7. The van der Waals surface area contributed by atoms with E-state index < -0.39 is 33.7 Å². The smallest absolute Gasteiger partial charge is 0.320 e. The Hall–Kier alpha value is -9.38. The standard InChI is InChI=1S/C46H35N9O8/c56-43(49-39-10-4-6-12-41(39)51-45(58)47-32-18-26-37(27-19-32)54(60)61)30-14-22-35(23-15-30)53(34-8-2-1-3-9-34)36-24-16-31(17-25-36)44(57)50-40-11-5-7-13-42(40)52-46(59)48-33-20-28-38(29-21-33)55(62)63/h1-29H,(H,49,56)(H,50,57)(H2,47,51,58)(H2,48,52,59). The maximum atomic E-state index is 13.5. The van der Waals surface area contributed by atoms with Crippen molar-refractivity contribution in [2.75, 3.05) is 36.8 Å². The summed E-state index contributed by atoms with van der Waals surface area (Å²) < 4.78 is 0. The fourth-order valence-corrected chi connectivity index (χ4v) is 6.24. The molecule has 63 heavy (non-hydrogen) atoms. The number of carbonyl (C=O) groups excluding carboxylic acids is 4. The van der Waals surface area contributed by atoms with Crippen LogP contribution in [0.1, 0.15) is 20.7 Å². The molecular formula is C46H35N9O8. The third-order valence-corrected chi connectivity index (χ3v) is 9.31. The van der Waals surface area contributed by atoms with Gasteiger partial charge < -0.3 is 36.8 Å². The second kappa shape index (κ2) is 19.1. The van der Waals surface area contributed by atoms with Crippen LogP contribution in [-0.2, 0) is 0 Å². The highest BCUT2D eigenvalue weighted by Gasteiger charge is 2.18. The molecule has 0 saturated heterocycles. The summed E-state index contributed by atoms with van der Waals surface area (Å²) in [5.74, 6) is -0.870. The third-order valence-electron chi connectivity index (χ3n) is 9.31. The molecule has 0 fully saturated rings. The van der Waals surface area contributed by atoms with E-state index in [1.165, 1.54) is 48.5 Å². The van der Waals surface area contributed by atoms with Crippen molar-refractivity contribution >= 4 is 86.4 Å². The summed E-state index contributed by atoms with van der Waals surface area (Å²) in [5, 5.41) is 38.2. The van der Waals surface area contributed by atoms with Crippen molar-refractivity contribution in [3.05, 3.63) is 207 Å². The molecule has 6 amide bonds. The van der Waals surface area contributed by atoms with Crippen LogP contribution in [0, 0.1) is 20.2 Å². The maximum absolute atomic E-state index is 13.5. The summed E-state index contributed by atoms with van der Waals surface area (Å²) in [6.07, 6.45) is 0. The molecule has 0 unspecified atom stereocenters. The summed E-state index contributed by atoms with van der Waals surface area (Å²) in [6, 6.07) is 46.1. The molecule has 7 aromatic carbocycles. The minimum absolute atomic E-state index is 0.114. The van der Waals surface area contributed by atoms with E-state index in [4.69, 9.17) is 0 Å². The molecule has 7 rings (SSSR count). The SMILES string of the molecule is O=C(Nc1ccc([N+](=O)[O-])cc1)Nc1ccccc1NC(=O)c1ccc(N(c2ccccc2)c2ccc(C(=O)Nc3ccccc3NC(=O)Nc3ccc([N+](=O)[O-])cc3)cc2)cc1. The average molecular weight is 842 g/mol. The van der Waals surface area contributed by atoms with Gasteiger partial charge in [0.1, 0.15) is 0 Å². The van der Waals surface area contributed by atoms with Crippen LogP contribution in [0.5, 0.6) is 0 Å². The first-order chi connectivity index (χ1) is 30.5. The molecule has 0 aliphatic carbocycles. The number of nitrogens with one attached hydrogen (secondary N) is 6. The number of rotatable bonds is 13. The van der Waals surface area contributed by atoms with Crippen LogP contribution in [0.3, 0.4) is 0 Å². The largest absolute Gasteiger partial charge is 0.323 e. The number of carbonyl (C=O) groups is 4. The minimum atomic E-state index is -0.617. The molecule has 17 nitrogen and oxygen atoms in total. The molecule has 0 bridgehead atoms. The zero-order valence-electron chi connectivity index (χ0n) is 32.9. The predicted molar refractivity (Wildman–Crippen MR) is 241 cm³/mol. The number of amides is 6. The summed E-state index contributed by atoms with van der Waals surface area (Å²) in [4.78, 5) is 75.2. The molecule has 0 saturated carbocycles. The monoisotopic (exact) mass is 841 g/mol. The van der Waals surface area contributed by atoms with Gasteiger partial charge in [-0.05, 0) is 109 Å². The number of non-ortho nitro benzene ring substituents is 2. The first-order valence-corrected chi connectivity index (χ1v) is 19.0. The van der Waals surface area contributed by atoms with Crippen molar-refractivity contribution in [2.24, 2.45) is 0 Å². The summed E-state index contributed by atoms with van der Waals surface area (Å²) in [7, 11) is 0. The van der Waals surface area contributed by atoms with E-state index in [0.29, 0.717) is 56.6 Å². The lowest BCUT2D eigenvalue weighted by atomic mass is 10.1. The normalized spacial score (nSPS) is 10.4. The Labute approximate surface area is 358 Å². The van der Waals surface area contributed by atoms with E-state index in [1.807, 2.05) is 35.2 Å². The predicted octanol–water partition coefficient (Wildman–Crippen LogP) is 10.8. The number of hydrogen-bond acceptors (Lipinski definition) is 9. The number of urea groups is 2. The van der Waals surface area contributed by atoms with Crippen molar-refractivity contribution < 1.29 is 29.0 Å². The molecule has 17 heteroatoms. The van der Waals surface area contributed by atoms with E-state index in [-0.39, 0.29) is 11.4 Å². The van der Waals surface area contributed by atoms with Gasteiger partial charge in [0.15, 0.2) is 0 Å². The Bertz CT molecular complexity index is 2630. The summed E-state index contributed by atoms with van der Waals surface area (Å²) in [6.45, 7) is 0. The molecule has 0 radical (unpaired) electrons. The second-order valence-electron chi connectivity index (χ2n) is 13.5. The molecule has 0 aliphatic heterocycles. The van der Waals surface area contributed by atoms with Crippen LogP contribution in [-0.4, -0.2) is 33.7 Å². The Morgan fingerprint density at radius 2 is 0.683 bits per heavy atom. The quantitative estimate of drug-likeness (QED) is 0.0478. The zero-order chi connectivity index (χ0) is 44.3. The lowest BCUT2D eigenvalue weighted by Crippen LogP contribution is -2.21. The van der Waals surface area contributed by atoms with Crippen molar-refractivity contribution in [3.63, 3.8) is 0 Å². The van der Waals surface area contributed by atoms with Gasteiger partial charge in [-0.25, -0.2) is 9.59 Å². The highest BCUT2D eigenvalue weighted by Crippen LogP contribution is 2.35. The average Bonchev–Trinajstić information content (AvgIpc) is 3.29. The van der Waals surface area contributed by atoms with Crippen LogP contribution >= 0.6 is 0 Å². The number of nitro benzene ring substituents is 2. The van der Waals surface area contributed by atoms with Gasteiger partial charge in [0.25, 0.3) is 23.2 Å². The molecule has 0 aromatic heterocycles. The number of anilines is 9. The van der Waals surface area contributed by atoms with Crippen molar-refractivity contribution in [3.8, 4) is 0 Å². The van der Waals surface area contributed by atoms with Gasteiger partial charge in [-0.15, -0.1) is 0 Å². The van der Waals surface area contributed by atoms with Crippen LogP contribution in [0.2, 0.25) is 0 Å². The van der Waals surface area contributed by atoms with Crippen LogP contribution in [0.25, 0.3) is 0 Å². The van der Waals surface area contributed by atoms with Crippen molar-refractivity contribution in [1.82, 2.24) is 0 Å². The second-order valence-corrected chi connectivity index (χ2v) is 13.5. The van der Waals surface area contributed by atoms with E-state index in [2.05, 4.69) is 31.9 Å². The molecule has 7 aromatic rings. The molecule has 0 heterocycles. The Morgan fingerprint density at radius 1 is 0.365 bits per heavy atom. The molecule has 312 valence electrons. The highest BCUT2D eigenvalue weighted by molar-refractivity contribution is 6.10. The number of hydrogen-bond donors (Lipinski definition) is 6. The number of nitro groups is 2. The molecule has 0 spiro atoms. The van der Waals surface area contributed by atoms with Gasteiger partial charge >= 0.3 is 12.1 Å². The minimum Gasteiger partial charge on any atom is -0.320 e. The van der Waals surface area contributed by atoms with Crippen molar-refractivity contribution in [2.45, 2.75) is 0 Å². The summed E-state index contributed by atoms with van der Waals surface area (Å²) >= 11 is 0. The van der Waals surface area contributed by atoms with E-state index in [0.717, 1.165) is 5.69 Å². The molecular weight excluding hydrogens is 807 g/mol. The lowest BCUT2D eigenvalue weighted by Gasteiger charge is -2.25. The lowest BCUT2D eigenvalue weighted by molar-refractivity contribution is -0.385. The molecule has 0 aliphatic rings. The van der Waals surface area contributed by atoms with Gasteiger partial charge in [0, 0.05) is 63.8 Å². The summed E-state index contributed by atoms with van der Waals surface area (Å²) in [5.41, 5.74) is 4.68. The van der Waals surface area contributed by atoms with Gasteiger partial charge in [-0.3, -0.25) is 29.8 Å². The van der Waals surface area contributed by atoms with Crippen molar-refractivity contribution in [1.29, 1.82) is 0 Å². The van der Waals surface area contributed by atoms with Gasteiger partial charge in [-0.2, -0.15) is 0 Å². The molecule has 6 N–H and O–H groups in total. The Kier molecular flexibility index (Phi) is 12.7. The first-order valence-electron chi connectivity index (χ1n) is 19.0. The Morgan fingerprint density at radius 3 is 1.03 bits per heavy atom. The fraction of sp³-hybridized carbons (Fsp3) is 0. The molecule has 0 atom stereocenters. The van der Waals surface area contributed by atoms with Crippen LogP contribution in [0.15, 0.2) is 176 Å². The number of para-hydroxylation sites is 5. The first kappa shape index (κ1) is 41.8. The number of nitrogens with zero attached hydrogens (tertiary/aromatic N) is 3. The van der Waals surface area contributed by atoms with E-state index in [1.54, 1.807) is 97.1 Å². The zero-order valence-corrected chi connectivity index (χ0v) is 32.9. The van der Waals surface area contributed by atoms with Crippen LogP contribution in [0.4, 0.5) is 72.2 Å². The topological polar surface area (TPSA) is 230 Å². The Balaban J connectivity index is 1.01. The maximum Gasteiger partial charge on any atom is 0.323 e. The van der Waals surface area contributed by atoms with Gasteiger partial charge in [-0.1, -0.05) is 42.5 Å². The third kappa shape index (κ3) is 10.6. The highest BCUT2D eigenvalue weighted by atomic mass is 16.6. The fourth-order valence-electron chi connectivity index (χ4n) is 6.24. The van der Waals surface area contributed by atoms with Gasteiger partial charge in [0.05, 0.1) is 32.6 Å².